The van der Waals surface area contributed by atoms with Gasteiger partial charge in [-0.3, -0.25) is 9.59 Å². The van der Waals surface area contributed by atoms with Crippen LogP contribution in [0, 0.1) is 5.82 Å². The van der Waals surface area contributed by atoms with Gasteiger partial charge >= 0.3 is 0 Å². The van der Waals surface area contributed by atoms with Crippen LogP contribution in [0.1, 0.15) is 22.0 Å². The van der Waals surface area contributed by atoms with Crippen LogP contribution in [0.3, 0.4) is 0 Å². The highest BCUT2D eigenvalue weighted by atomic mass is 35.5. The minimum atomic E-state index is -0.729. The van der Waals surface area contributed by atoms with Gasteiger partial charge in [0.1, 0.15) is 11.9 Å². The molecule has 1 fully saturated rings. The Morgan fingerprint density at radius 3 is 2.23 bits per heavy atom. The number of halogens is 2. The molecular weight excluding hydrogens is 357 g/mol. The molecule has 0 aromatic heterocycles. The van der Waals surface area contributed by atoms with Crippen LogP contribution in [0.4, 0.5) is 4.39 Å². The summed E-state index contributed by atoms with van der Waals surface area (Å²) in [5, 5.41) is 0.240. The minimum Gasteiger partial charge on any atom is -0.337 e. The molecule has 0 radical (unpaired) electrons. The monoisotopic (exact) mass is 375 g/mol. The molecule has 1 unspecified atom stereocenters. The van der Waals surface area contributed by atoms with E-state index in [9.17, 15) is 14.0 Å². The SMILES string of the molecule is NC(C(=O)N1CCN(C(=O)c2ccc(Cl)cc2F)CC1)c1ccccc1. The third kappa shape index (κ3) is 3.86. The van der Waals surface area contributed by atoms with Crippen molar-refractivity contribution in [1.29, 1.82) is 0 Å². The zero-order valence-corrected chi connectivity index (χ0v) is 14.8. The van der Waals surface area contributed by atoms with Crippen molar-refractivity contribution in [2.45, 2.75) is 6.04 Å². The first-order valence-corrected chi connectivity index (χ1v) is 8.69. The number of nitrogens with zero attached hydrogens (tertiary/aromatic N) is 2. The van der Waals surface area contributed by atoms with Gasteiger partial charge in [-0.25, -0.2) is 4.39 Å². The van der Waals surface area contributed by atoms with Gasteiger partial charge in [0.15, 0.2) is 0 Å². The summed E-state index contributed by atoms with van der Waals surface area (Å²) < 4.78 is 13.9. The third-order valence-corrected chi connectivity index (χ3v) is 4.70. The molecule has 1 aliphatic rings. The molecule has 2 aromatic carbocycles. The summed E-state index contributed by atoms with van der Waals surface area (Å²) in [5.74, 6) is -1.23. The Morgan fingerprint density at radius 2 is 1.62 bits per heavy atom. The average molecular weight is 376 g/mol. The molecule has 26 heavy (non-hydrogen) atoms. The number of benzene rings is 2. The number of carbonyl (C=O) groups is 2. The summed E-state index contributed by atoms with van der Waals surface area (Å²) in [6.45, 7) is 1.38. The molecule has 7 heteroatoms. The molecule has 2 amide bonds. The number of carbonyl (C=O) groups excluding carboxylic acids is 2. The Morgan fingerprint density at radius 1 is 1.00 bits per heavy atom. The van der Waals surface area contributed by atoms with E-state index in [1.54, 1.807) is 4.90 Å². The van der Waals surface area contributed by atoms with Gasteiger partial charge in [0.05, 0.1) is 5.56 Å². The highest BCUT2D eigenvalue weighted by Gasteiger charge is 2.29. The van der Waals surface area contributed by atoms with Crippen molar-refractivity contribution in [1.82, 2.24) is 9.80 Å². The maximum absolute atomic E-state index is 13.9. The fourth-order valence-electron chi connectivity index (χ4n) is 2.96. The van der Waals surface area contributed by atoms with E-state index in [4.69, 9.17) is 17.3 Å². The smallest absolute Gasteiger partial charge is 0.256 e. The Bertz CT molecular complexity index is 808. The molecule has 0 aliphatic carbocycles. The Labute approximate surface area is 156 Å². The largest absolute Gasteiger partial charge is 0.337 e. The van der Waals surface area contributed by atoms with E-state index in [0.29, 0.717) is 26.2 Å². The summed E-state index contributed by atoms with van der Waals surface area (Å²) in [4.78, 5) is 28.2. The predicted octanol–water partition coefficient (Wildman–Crippen LogP) is 2.46. The molecule has 1 aliphatic heterocycles. The molecule has 0 spiro atoms. The number of amides is 2. The average Bonchev–Trinajstić information content (AvgIpc) is 2.67. The second kappa shape index (κ2) is 7.85. The van der Waals surface area contributed by atoms with Crippen molar-refractivity contribution < 1.29 is 14.0 Å². The minimum absolute atomic E-state index is 0.0184. The lowest BCUT2D eigenvalue weighted by Crippen LogP contribution is -2.52. The molecule has 1 heterocycles. The lowest BCUT2D eigenvalue weighted by atomic mass is 10.1. The molecule has 3 rings (SSSR count). The fourth-order valence-corrected chi connectivity index (χ4v) is 3.12. The second-order valence-corrected chi connectivity index (χ2v) is 6.57. The van der Waals surface area contributed by atoms with Crippen LogP contribution in [0.15, 0.2) is 48.5 Å². The number of piperazine rings is 1. The Kier molecular flexibility index (Phi) is 5.54. The molecule has 0 bridgehead atoms. The molecule has 1 atom stereocenters. The zero-order valence-electron chi connectivity index (χ0n) is 14.1. The van der Waals surface area contributed by atoms with Gasteiger partial charge in [-0.2, -0.15) is 0 Å². The maximum atomic E-state index is 13.9. The fraction of sp³-hybridized carbons (Fsp3) is 0.263. The van der Waals surface area contributed by atoms with Crippen LogP contribution in [0.5, 0.6) is 0 Å². The lowest BCUT2D eigenvalue weighted by molar-refractivity contribution is -0.134. The molecule has 0 saturated carbocycles. The van der Waals surface area contributed by atoms with E-state index in [-0.39, 0.29) is 16.5 Å². The van der Waals surface area contributed by atoms with Crippen molar-refractivity contribution in [2.75, 3.05) is 26.2 Å². The van der Waals surface area contributed by atoms with Crippen LogP contribution in [0.2, 0.25) is 5.02 Å². The Balaban J connectivity index is 1.62. The predicted molar refractivity (Wildman–Crippen MR) is 97.3 cm³/mol. The van der Waals surface area contributed by atoms with Gasteiger partial charge in [-0.05, 0) is 23.8 Å². The van der Waals surface area contributed by atoms with Gasteiger partial charge in [0.25, 0.3) is 5.91 Å². The van der Waals surface area contributed by atoms with Crippen molar-refractivity contribution in [2.24, 2.45) is 5.73 Å². The summed E-state index contributed by atoms with van der Waals surface area (Å²) in [6.07, 6.45) is 0. The molecule has 2 aromatic rings. The first-order valence-electron chi connectivity index (χ1n) is 8.31. The molecule has 2 N–H and O–H groups in total. The van der Waals surface area contributed by atoms with Crippen molar-refractivity contribution >= 4 is 23.4 Å². The molecule has 136 valence electrons. The normalized spacial score (nSPS) is 15.7. The standard InChI is InChI=1S/C19H19ClFN3O2/c20-14-6-7-15(16(21)12-14)18(25)23-8-10-24(11-9-23)19(26)17(22)13-4-2-1-3-5-13/h1-7,12,17H,8-11,22H2. The molecule has 5 nitrogen and oxygen atoms in total. The van der Waals surface area contributed by atoms with E-state index >= 15 is 0 Å². The lowest BCUT2D eigenvalue weighted by Gasteiger charge is -2.36. The van der Waals surface area contributed by atoms with Crippen LogP contribution >= 0.6 is 11.6 Å². The number of hydrogen-bond acceptors (Lipinski definition) is 3. The summed E-state index contributed by atoms with van der Waals surface area (Å²) in [7, 11) is 0. The first-order chi connectivity index (χ1) is 12.5. The van der Waals surface area contributed by atoms with E-state index < -0.39 is 17.8 Å². The quantitative estimate of drug-likeness (QED) is 0.896. The second-order valence-electron chi connectivity index (χ2n) is 6.13. The van der Waals surface area contributed by atoms with Gasteiger partial charge in [0, 0.05) is 31.2 Å². The zero-order chi connectivity index (χ0) is 18.7. The first kappa shape index (κ1) is 18.4. The number of hydrogen-bond donors (Lipinski definition) is 1. The third-order valence-electron chi connectivity index (χ3n) is 4.46. The molecular formula is C19H19ClFN3O2. The van der Waals surface area contributed by atoms with E-state index in [1.165, 1.54) is 17.0 Å². The van der Waals surface area contributed by atoms with Gasteiger partial charge in [-0.1, -0.05) is 41.9 Å². The van der Waals surface area contributed by atoms with E-state index in [2.05, 4.69) is 0 Å². The maximum Gasteiger partial charge on any atom is 0.256 e. The van der Waals surface area contributed by atoms with Crippen LogP contribution in [0.25, 0.3) is 0 Å². The van der Waals surface area contributed by atoms with E-state index in [0.717, 1.165) is 11.6 Å². The van der Waals surface area contributed by atoms with Crippen molar-refractivity contribution in [3.63, 3.8) is 0 Å². The van der Waals surface area contributed by atoms with Gasteiger partial charge < -0.3 is 15.5 Å². The highest BCUT2D eigenvalue weighted by molar-refractivity contribution is 6.30. The van der Waals surface area contributed by atoms with Crippen LogP contribution in [-0.2, 0) is 4.79 Å². The number of rotatable bonds is 3. The summed E-state index contributed by atoms with van der Waals surface area (Å²) >= 11 is 5.72. The topological polar surface area (TPSA) is 66.6 Å². The summed E-state index contributed by atoms with van der Waals surface area (Å²) in [6, 6.07) is 12.4. The molecule has 1 saturated heterocycles. The summed E-state index contributed by atoms with van der Waals surface area (Å²) in [5.41, 5.74) is 6.79. The Hall–Kier alpha value is -2.44. The number of nitrogens with two attached hydrogens (primary N) is 1. The van der Waals surface area contributed by atoms with E-state index in [1.807, 2.05) is 30.3 Å². The van der Waals surface area contributed by atoms with Crippen LogP contribution in [-0.4, -0.2) is 47.8 Å². The van der Waals surface area contributed by atoms with Gasteiger partial charge in [0.2, 0.25) is 5.91 Å². The van der Waals surface area contributed by atoms with Crippen molar-refractivity contribution in [3.05, 3.63) is 70.5 Å². The van der Waals surface area contributed by atoms with Crippen LogP contribution < -0.4 is 5.73 Å². The highest BCUT2D eigenvalue weighted by Crippen LogP contribution is 2.19. The van der Waals surface area contributed by atoms with Gasteiger partial charge in [-0.15, -0.1) is 0 Å². The van der Waals surface area contributed by atoms with Crippen molar-refractivity contribution in [3.8, 4) is 0 Å².